The average Bonchev–Trinajstić information content (AvgIpc) is 2.27. The second-order valence-electron chi connectivity index (χ2n) is 3.44. The molecule has 1 rings (SSSR count). The van der Waals surface area contributed by atoms with E-state index in [-0.39, 0.29) is 0 Å². The summed E-state index contributed by atoms with van der Waals surface area (Å²) in [5.74, 6) is 0.487. The van der Waals surface area contributed by atoms with Crippen LogP contribution in [0.3, 0.4) is 0 Å². The number of anilines is 1. The van der Waals surface area contributed by atoms with E-state index in [0.29, 0.717) is 5.96 Å². The second kappa shape index (κ2) is 6.06. The van der Waals surface area contributed by atoms with Crippen molar-refractivity contribution in [3.63, 3.8) is 0 Å². The number of benzene rings is 1. The summed E-state index contributed by atoms with van der Waals surface area (Å²) in [6.45, 7) is 4.98. The normalized spacial score (nSPS) is 11.5. The highest BCUT2D eigenvalue weighted by atomic mass is 15.1. The van der Waals surface area contributed by atoms with Crippen molar-refractivity contribution in [2.45, 2.75) is 26.7 Å². The number of hydrogen-bond donors (Lipinski definition) is 2. The molecule has 0 aliphatic carbocycles. The first-order chi connectivity index (χ1) is 7.26. The van der Waals surface area contributed by atoms with Gasteiger partial charge in [-0.1, -0.05) is 26.0 Å². The maximum absolute atomic E-state index is 5.70. The molecule has 0 radical (unpaired) electrons. The van der Waals surface area contributed by atoms with Crippen molar-refractivity contribution in [2.75, 3.05) is 11.9 Å². The summed E-state index contributed by atoms with van der Waals surface area (Å²) in [5.41, 5.74) is 8.02. The maximum Gasteiger partial charge on any atom is 0.193 e. The second-order valence-corrected chi connectivity index (χ2v) is 3.44. The minimum atomic E-state index is 0.487. The lowest BCUT2D eigenvalue weighted by atomic mass is 10.1. The summed E-state index contributed by atoms with van der Waals surface area (Å²) in [6.07, 6.45) is 2.07. The molecule has 1 aromatic rings. The van der Waals surface area contributed by atoms with Crippen LogP contribution in [0.2, 0.25) is 0 Å². The first-order valence-corrected chi connectivity index (χ1v) is 5.42. The lowest BCUT2D eigenvalue weighted by Gasteiger charge is -2.05. The standard InChI is InChI=1S/C12H19N3/c1-3-9-14-12(13)15-11-7-5-10(4-2)6-8-11/h5-8H,3-4,9H2,1-2H3,(H3,13,14,15). The first-order valence-electron chi connectivity index (χ1n) is 5.42. The molecule has 0 bridgehead atoms. The number of hydrogen-bond acceptors (Lipinski definition) is 1. The number of nitrogens with two attached hydrogens (primary N) is 1. The van der Waals surface area contributed by atoms with Crippen LogP contribution in [0.1, 0.15) is 25.8 Å². The van der Waals surface area contributed by atoms with Gasteiger partial charge in [0.2, 0.25) is 0 Å². The SMILES string of the molecule is CCCN=C(N)Nc1ccc(CC)cc1. The number of nitrogens with one attached hydrogen (secondary N) is 1. The van der Waals surface area contributed by atoms with Crippen molar-refractivity contribution in [1.29, 1.82) is 0 Å². The highest BCUT2D eigenvalue weighted by molar-refractivity contribution is 5.92. The maximum atomic E-state index is 5.70. The van der Waals surface area contributed by atoms with Crippen LogP contribution in [0.5, 0.6) is 0 Å². The Bertz CT molecular complexity index is 314. The summed E-state index contributed by atoms with van der Waals surface area (Å²) >= 11 is 0. The molecule has 0 amide bonds. The smallest absolute Gasteiger partial charge is 0.193 e. The molecular weight excluding hydrogens is 186 g/mol. The molecule has 3 nitrogen and oxygen atoms in total. The third-order valence-corrected chi connectivity index (χ3v) is 2.14. The zero-order chi connectivity index (χ0) is 11.1. The van der Waals surface area contributed by atoms with Gasteiger partial charge >= 0.3 is 0 Å². The van der Waals surface area contributed by atoms with Gasteiger partial charge in [0, 0.05) is 12.2 Å². The summed E-state index contributed by atoms with van der Waals surface area (Å²) < 4.78 is 0. The summed E-state index contributed by atoms with van der Waals surface area (Å²) in [7, 11) is 0. The van der Waals surface area contributed by atoms with Crippen molar-refractivity contribution < 1.29 is 0 Å². The molecule has 0 saturated carbocycles. The lowest BCUT2D eigenvalue weighted by Crippen LogP contribution is -2.22. The first kappa shape index (κ1) is 11.6. The monoisotopic (exact) mass is 205 g/mol. The van der Waals surface area contributed by atoms with Crippen molar-refractivity contribution in [1.82, 2.24) is 0 Å². The minimum absolute atomic E-state index is 0.487. The molecule has 3 N–H and O–H groups in total. The van der Waals surface area contributed by atoms with E-state index in [9.17, 15) is 0 Å². The van der Waals surface area contributed by atoms with Gasteiger partial charge in [-0.2, -0.15) is 0 Å². The molecule has 0 fully saturated rings. The van der Waals surface area contributed by atoms with Crippen LogP contribution < -0.4 is 11.1 Å². The fourth-order valence-electron chi connectivity index (χ4n) is 1.24. The Kier molecular flexibility index (Phi) is 4.68. The molecule has 0 saturated heterocycles. The summed E-state index contributed by atoms with van der Waals surface area (Å²) in [6, 6.07) is 8.23. The fraction of sp³-hybridized carbons (Fsp3) is 0.417. The molecular formula is C12H19N3. The van der Waals surface area contributed by atoms with Gasteiger partial charge in [0.1, 0.15) is 0 Å². The van der Waals surface area contributed by atoms with E-state index in [2.05, 4.69) is 36.3 Å². The van der Waals surface area contributed by atoms with Crippen molar-refractivity contribution in [2.24, 2.45) is 10.7 Å². The predicted octanol–water partition coefficient (Wildman–Crippen LogP) is 2.39. The molecule has 0 unspecified atom stereocenters. The number of nitrogens with zero attached hydrogens (tertiary/aromatic N) is 1. The molecule has 15 heavy (non-hydrogen) atoms. The molecule has 0 atom stereocenters. The Morgan fingerprint density at radius 2 is 1.93 bits per heavy atom. The van der Waals surface area contributed by atoms with Gasteiger partial charge in [-0.25, -0.2) is 0 Å². The highest BCUT2D eigenvalue weighted by Crippen LogP contribution is 2.09. The molecule has 0 aliphatic rings. The van der Waals surface area contributed by atoms with Gasteiger partial charge in [-0.3, -0.25) is 4.99 Å². The molecule has 82 valence electrons. The van der Waals surface area contributed by atoms with Crippen LogP contribution in [0.15, 0.2) is 29.3 Å². The van der Waals surface area contributed by atoms with E-state index in [1.807, 2.05) is 12.1 Å². The fourth-order valence-corrected chi connectivity index (χ4v) is 1.24. The zero-order valence-corrected chi connectivity index (χ0v) is 9.46. The van der Waals surface area contributed by atoms with Crippen molar-refractivity contribution >= 4 is 11.6 Å². The van der Waals surface area contributed by atoms with E-state index in [1.165, 1.54) is 5.56 Å². The number of aliphatic imine (C=N–C) groups is 1. The van der Waals surface area contributed by atoms with Crippen LogP contribution in [0.4, 0.5) is 5.69 Å². The highest BCUT2D eigenvalue weighted by Gasteiger charge is 1.94. The van der Waals surface area contributed by atoms with Crippen molar-refractivity contribution in [3.8, 4) is 0 Å². The van der Waals surface area contributed by atoms with E-state index >= 15 is 0 Å². The van der Waals surface area contributed by atoms with Gasteiger partial charge in [0.25, 0.3) is 0 Å². The molecule has 1 aromatic carbocycles. The number of aryl methyl sites for hydroxylation is 1. The summed E-state index contributed by atoms with van der Waals surface area (Å²) in [4.78, 5) is 4.16. The Hall–Kier alpha value is -1.51. The number of rotatable bonds is 4. The minimum Gasteiger partial charge on any atom is -0.370 e. The average molecular weight is 205 g/mol. The lowest BCUT2D eigenvalue weighted by molar-refractivity contribution is 0.929. The van der Waals surface area contributed by atoms with Crippen molar-refractivity contribution in [3.05, 3.63) is 29.8 Å². The van der Waals surface area contributed by atoms with Gasteiger partial charge < -0.3 is 11.1 Å². The third-order valence-electron chi connectivity index (χ3n) is 2.14. The van der Waals surface area contributed by atoms with E-state index in [1.54, 1.807) is 0 Å². The molecule has 0 heterocycles. The third kappa shape index (κ3) is 4.02. The van der Waals surface area contributed by atoms with Crippen LogP contribution in [0, 0.1) is 0 Å². The Labute approximate surface area is 91.4 Å². The van der Waals surface area contributed by atoms with Gasteiger partial charge in [0.15, 0.2) is 5.96 Å². The van der Waals surface area contributed by atoms with E-state index in [0.717, 1.165) is 25.1 Å². The largest absolute Gasteiger partial charge is 0.370 e. The van der Waals surface area contributed by atoms with E-state index in [4.69, 9.17) is 5.73 Å². The Morgan fingerprint density at radius 1 is 1.27 bits per heavy atom. The molecule has 0 spiro atoms. The van der Waals surface area contributed by atoms with Crippen LogP contribution in [0.25, 0.3) is 0 Å². The van der Waals surface area contributed by atoms with Crippen LogP contribution in [-0.4, -0.2) is 12.5 Å². The Morgan fingerprint density at radius 3 is 2.47 bits per heavy atom. The van der Waals surface area contributed by atoms with Gasteiger partial charge in [-0.15, -0.1) is 0 Å². The zero-order valence-electron chi connectivity index (χ0n) is 9.46. The molecule has 0 aromatic heterocycles. The predicted molar refractivity (Wildman–Crippen MR) is 66.2 cm³/mol. The van der Waals surface area contributed by atoms with Crippen LogP contribution in [-0.2, 0) is 6.42 Å². The topological polar surface area (TPSA) is 50.4 Å². The number of guanidine groups is 1. The Balaban J connectivity index is 2.57. The molecule has 0 aliphatic heterocycles. The molecule has 3 heteroatoms. The van der Waals surface area contributed by atoms with E-state index < -0.39 is 0 Å². The quantitative estimate of drug-likeness (QED) is 0.585. The van der Waals surface area contributed by atoms with Crippen LogP contribution >= 0.6 is 0 Å². The summed E-state index contributed by atoms with van der Waals surface area (Å²) in [5, 5.41) is 3.06. The van der Waals surface area contributed by atoms with Gasteiger partial charge in [0.05, 0.1) is 0 Å². The van der Waals surface area contributed by atoms with Gasteiger partial charge in [-0.05, 0) is 30.5 Å².